The van der Waals surface area contributed by atoms with Crippen LogP contribution in [-0.2, 0) is 23.4 Å². The number of ether oxygens (including phenoxy) is 4. The van der Waals surface area contributed by atoms with Crippen LogP contribution in [0.4, 0.5) is 0 Å². The van der Waals surface area contributed by atoms with E-state index in [9.17, 15) is 4.79 Å². The van der Waals surface area contributed by atoms with Gasteiger partial charge in [-0.05, 0) is 41.4 Å². The summed E-state index contributed by atoms with van der Waals surface area (Å²) in [7, 11) is -2.78. The second-order valence-corrected chi connectivity index (χ2v) is 16.1. The molecule has 0 bridgehead atoms. The molecule has 2 fully saturated rings. The Hall–Kier alpha value is -2.81. The van der Waals surface area contributed by atoms with Crippen LogP contribution in [0.5, 0.6) is 0 Å². The van der Waals surface area contributed by atoms with Crippen molar-refractivity contribution < 1.29 is 28.2 Å². The van der Waals surface area contributed by atoms with E-state index in [-0.39, 0.29) is 35.7 Å². The summed E-state index contributed by atoms with van der Waals surface area (Å²) in [4.78, 5) is 12.8. The molecule has 7 heteroatoms. The molecule has 0 N–H and O–H groups in total. The predicted octanol–water partition coefficient (Wildman–Crippen LogP) is 4.91. The number of carbonyl (C=O) groups excluding carboxylic acids is 1. The van der Waals surface area contributed by atoms with Crippen molar-refractivity contribution in [1.29, 1.82) is 0 Å². The van der Waals surface area contributed by atoms with Crippen LogP contribution in [0, 0.1) is 5.92 Å². The maximum atomic E-state index is 12.8. The average Bonchev–Trinajstić information content (AvgIpc) is 3.39. The fraction of sp³-hybridized carbons (Fsp3) is 0.406. The molecule has 3 aromatic rings. The van der Waals surface area contributed by atoms with Crippen LogP contribution in [0.2, 0.25) is 5.04 Å². The number of hydrogen-bond acceptors (Lipinski definition) is 6. The third-order valence-corrected chi connectivity index (χ3v) is 12.6. The van der Waals surface area contributed by atoms with Crippen molar-refractivity contribution in [2.45, 2.75) is 63.9 Å². The van der Waals surface area contributed by atoms with E-state index in [2.05, 4.69) is 69.3 Å². The van der Waals surface area contributed by atoms with E-state index in [1.807, 2.05) is 44.2 Å². The van der Waals surface area contributed by atoms with Crippen LogP contribution in [0.15, 0.2) is 91.0 Å². The fourth-order valence-corrected chi connectivity index (χ4v) is 10.4. The molecule has 206 valence electrons. The van der Waals surface area contributed by atoms with Gasteiger partial charge in [0.05, 0.1) is 30.8 Å². The molecule has 2 saturated heterocycles. The number of carbonyl (C=O) groups is 1. The van der Waals surface area contributed by atoms with E-state index < -0.39 is 20.4 Å². The third-order valence-electron chi connectivity index (χ3n) is 7.59. The molecule has 0 spiro atoms. The third kappa shape index (κ3) is 5.60. The van der Waals surface area contributed by atoms with Gasteiger partial charge < -0.3 is 23.4 Å². The summed E-state index contributed by atoms with van der Waals surface area (Å²) in [6.45, 7) is 10.9. The molecule has 4 atom stereocenters. The Balaban J connectivity index is 1.43. The van der Waals surface area contributed by atoms with Crippen molar-refractivity contribution in [2.24, 2.45) is 5.92 Å². The van der Waals surface area contributed by atoms with Crippen LogP contribution < -0.4 is 10.4 Å². The molecular weight excluding hydrogens is 508 g/mol. The Labute approximate surface area is 232 Å². The van der Waals surface area contributed by atoms with E-state index in [0.717, 1.165) is 0 Å². The zero-order chi connectivity index (χ0) is 27.7. The van der Waals surface area contributed by atoms with E-state index in [1.54, 1.807) is 12.1 Å². The van der Waals surface area contributed by atoms with Gasteiger partial charge in [-0.3, -0.25) is 0 Å². The van der Waals surface area contributed by atoms with Gasteiger partial charge >= 0.3 is 5.97 Å². The van der Waals surface area contributed by atoms with E-state index in [1.165, 1.54) is 10.4 Å². The lowest BCUT2D eigenvalue weighted by molar-refractivity contribution is -0.214. The summed E-state index contributed by atoms with van der Waals surface area (Å²) in [6, 6.07) is 30.0. The summed E-state index contributed by atoms with van der Waals surface area (Å²) in [5.41, 5.74) is 0.511. The molecular formula is C32H38O6Si. The molecule has 39 heavy (non-hydrogen) atoms. The SMILES string of the molecule is CC1(C)O[C@H]2O[C@H](CO[Si](c3ccccc3)(c3ccccc3)C(C)(C)C)[C@@H](COC(=O)c3ccccc3)[C@H]2O1. The molecule has 0 amide bonds. The molecule has 0 unspecified atom stereocenters. The van der Waals surface area contributed by atoms with Gasteiger partial charge in [0.2, 0.25) is 0 Å². The average molecular weight is 547 g/mol. The molecule has 2 heterocycles. The first-order valence-corrected chi connectivity index (χ1v) is 15.5. The topological polar surface area (TPSA) is 63.2 Å². The number of fused-ring (bicyclic) bond motifs is 1. The lowest BCUT2D eigenvalue weighted by Gasteiger charge is -2.43. The normalized spacial score (nSPS) is 24.3. The van der Waals surface area contributed by atoms with E-state index in [0.29, 0.717) is 12.2 Å². The Morgan fingerprint density at radius 3 is 1.90 bits per heavy atom. The summed E-state index contributed by atoms with van der Waals surface area (Å²) in [5.74, 6) is -1.40. The number of hydrogen-bond donors (Lipinski definition) is 0. The van der Waals surface area contributed by atoms with Gasteiger partial charge in [0.15, 0.2) is 12.1 Å². The van der Waals surface area contributed by atoms with Gasteiger partial charge in [0.1, 0.15) is 6.10 Å². The molecule has 2 aliphatic rings. The standard InChI is InChI=1S/C32H38O6Si/c1-31(2,3)39(24-17-11-7-12-18-24,25-19-13-8-14-20-25)35-22-27-26(28-30(36-27)38-32(4,5)37-28)21-34-29(33)23-15-9-6-10-16-23/h6-20,26-28,30H,21-22H2,1-5H3/t26-,27-,28-,30-/m1/s1. The van der Waals surface area contributed by atoms with Crippen molar-refractivity contribution in [3.05, 3.63) is 96.6 Å². The van der Waals surface area contributed by atoms with Crippen LogP contribution in [0.25, 0.3) is 0 Å². The minimum absolute atomic E-state index is 0.142. The molecule has 3 aromatic carbocycles. The van der Waals surface area contributed by atoms with Gasteiger partial charge in [0.25, 0.3) is 8.32 Å². The van der Waals surface area contributed by atoms with Crippen molar-refractivity contribution >= 4 is 24.7 Å². The highest BCUT2D eigenvalue weighted by molar-refractivity contribution is 6.99. The first kappa shape index (κ1) is 27.7. The first-order chi connectivity index (χ1) is 18.6. The Bertz CT molecular complexity index is 1200. The first-order valence-electron chi connectivity index (χ1n) is 13.6. The van der Waals surface area contributed by atoms with E-state index >= 15 is 0 Å². The number of esters is 1. The second kappa shape index (κ2) is 11.0. The molecule has 0 aliphatic carbocycles. The second-order valence-electron chi connectivity index (χ2n) is 11.7. The zero-order valence-electron chi connectivity index (χ0n) is 23.3. The van der Waals surface area contributed by atoms with E-state index in [4.69, 9.17) is 23.4 Å². The maximum absolute atomic E-state index is 12.8. The lowest BCUT2D eigenvalue weighted by Crippen LogP contribution is -2.67. The number of benzene rings is 3. The minimum atomic E-state index is -2.78. The molecule has 2 aliphatic heterocycles. The molecule has 5 rings (SSSR count). The number of rotatable bonds is 8. The van der Waals surface area contributed by atoms with Crippen LogP contribution in [0.3, 0.4) is 0 Å². The van der Waals surface area contributed by atoms with Gasteiger partial charge in [-0.15, -0.1) is 0 Å². The highest BCUT2D eigenvalue weighted by Gasteiger charge is 2.57. The van der Waals surface area contributed by atoms with Crippen LogP contribution in [0.1, 0.15) is 45.0 Å². The largest absolute Gasteiger partial charge is 0.462 e. The predicted molar refractivity (Wildman–Crippen MR) is 152 cm³/mol. The molecule has 0 saturated carbocycles. The van der Waals surface area contributed by atoms with Crippen molar-refractivity contribution in [3.63, 3.8) is 0 Å². The van der Waals surface area contributed by atoms with Crippen LogP contribution in [-0.4, -0.2) is 51.8 Å². The van der Waals surface area contributed by atoms with Gasteiger partial charge in [-0.25, -0.2) is 4.79 Å². The van der Waals surface area contributed by atoms with Crippen LogP contribution >= 0.6 is 0 Å². The van der Waals surface area contributed by atoms with Gasteiger partial charge in [0, 0.05) is 0 Å². The monoisotopic (exact) mass is 546 g/mol. The summed E-state index contributed by atoms with van der Waals surface area (Å²) in [5, 5.41) is 2.22. The Morgan fingerprint density at radius 1 is 0.821 bits per heavy atom. The smallest absolute Gasteiger partial charge is 0.338 e. The highest BCUT2D eigenvalue weighted by Crippen LogP contribution is 2.42. The quantitative estimate of drug-likeness (QED) is 0.296. The Kier molecular flexibility index (Phi) is 7.81. The van der Waals surface area contributed by atoms with Crippen molar-refractivity contribution in [3.8, 4) is 0 Å². The minimum Gasteiger partial charge on any atom is -0.462 e. The van der Waals surface area contributed by atoms with Gasteiger partial charge in [-0.2, -0.15) is 0 Å². The van der Waals surface area contributed by atoms with Gasteiger partial charge in [-0.1, -0.05) is 99.6 Å². The highest BCUT2D eigenvalue weighted by atomic mass is 28.4. The lowest BCUT2D eigenvalue weighted by atomic mass is 10.00. The molecule has 0 radical (unpaired) electrons. The zero-order valence-corrected chi connectivity index (χ0v) is 24.3. The summed E-state index contributed by atoms with van der Waals surface area (Å²) >= 11 is 0. The summed E-state index contributed by atoms with van der Waals surface area (Å²) < 4.78 is 31.7. The van der Waals surface area contributed by atoms with Crippen molar-refractivity contribution in [1.82, 2.24) is 0 Å². The molecule has 6 nitrogen and oxygen atoms in total. The fourth-order valence-electron chi connectivity index (χ4n) is 5.80. The Morgan fingerprint density at radius 2 is 1.36 bits per heavy atom. The molecule has 0 aromatic heterocycles. The summed E-state index contributed by atoms with van der Waals surface area (Å²) in [6.07, 6.45) is -1.29. The maximum Gasteiger partial charge on any atom is 0.338 e. The van der Waals surface area contributed by atoms with Crippen molar-refractivity contribution in [2.75, 3.05) is 13.2 Å².